The molecule has 2 amide bonds. The van der Waals surface area contributed by atoms with Crippen LogP contribution in [0.1, 0.15) is 41.3 Å². The Morgan fingerprint density at radius 2 is 1.66 bits per heavy atom. The molecule has 6 nitrogen and oxygen atoms in total. The summed E-state index contributed by atoms with van der Waals surface area (Å²) in [7, 11) is 0. The number of carbonyl (C=O) groups excluding carboxylic acids is 3. The number of nitrogens with zero attached hydrogens (tertiary/aromatic N) is 1. The van der Waals surface area contributed by atoms with Crippen LogP contribution in [-0.4, -0.2) is 42.3 Å². The summed E-state index contributed by atoms with van der Waals surface area (Å²) >= 11 is 5.81. The summed E-state index contributed by atoms with van der Waals surface area (Å²) < 4.78 is 5.52. The van der Waals surface area contributed by atoms with Gasteiger partial charge in [0.05, 0.1) is 6.42 Å². The van der Waals surface area contributed by atoms with Crippen LogP contribution in [0.4, 0.5) is 0 Å². The Labute approximate surface area is 174 Å². The van der Waals surface area contributed by atoms with Gasteiger partial charge in [0, 0.05) is 35.8 Å². The van der Waals surface area contributed by atoms with Gasteiger partial charge in [-0.05, 0) is 37.1 Å². The van der Waals surface area contributed by atoms with Crippen LogP contribution < -0.4 is 5.32 Å². The summed E-state index contributed by atoms with van der Waals surface area (Å²) in [5, 5.41) is 3.21. The van der Waals surface area contributed by atoms with Crippen molar-refractivity contribution >= 4 is 29.4 Å². The number of amides is 2. The number of benzene rings is 2. The molecule has 1 heterocycles. The van der Waals surface area contributed by atoms with Gasteiger partial charge in [-0.3, -0.25) is 14.4 Å². The van der Waals surface area contributed by atoms with Gasteiger partial charge in [-0.25, -0.2) is 0 Å². The highest BCUT2D eigenvalue weighted by Gasteiger charge is 2.30. The van der Waals surface area contributed by atoms with Gasteiger partial charge in [0.1, 0.15) is 0 Å². The SMILES string of the molecule is O=C(CCNC(=O)c1ccc(Cl)cc1)O[C@H](C(=O)N1CCCC1)c1ccccc1. The third-order valence-corrected chi connectivity index (χ3v) is 4.97. The number of hydrogen-bond acceptors (Lipinski definition) is 4. The summed E-state index contributed by atoms with van der Waals surface area (Å²) in [5.41, 5.74) is 1.09. The summed E-state index contributed by atoms with van der Waals surface area (Å²) in [6.07, 6.45) is 0.917. The maximum atomic E-state index is 12.8. The zero-order chi connectivity index (χ0) is 20.6. The van der Waals surface area contributed by atoms with Crippen LogP contribution in [0.15, 0.2) is 54.6 Å². The molecule has 1 atom stereocenters. The third-order valence-electron chi connectivity index (χ3n) is 4.71. The molecule has 0 aromatic heterocycles. The molecule has 7 heteroatoms. The van der Waals surface area contributed by atoms with Gasteiger partial charge in [0.2, 0.25) is 6.10 Å². The number of hydrogen-bond donors (Lipinski definition) is 1. The van der Waals surface area contributed by atoms with Gasteiger partial charge in [0.15, 0.2) is 0 Å². The Morgan fingerprint density at radius 1 is 1.00 bits per heavy atom. The third kappa shape index (κ3) is 5.81. The van der Waals surface area contributed by atoms with Crippen molar-refractivity contribution in [3.8, 4) is 0 Å². The average Bonchev–Trinajstić information content (AvgIpc) is 3.27. The van der Waals surface area contributed by atoms with Crippen molar-refractivity contribution in [3.05, 3.63) is 70.7 Å². The molecule has 2 aromatic rings. The van der Waals surface area contributed by atoms with E-state index in [0.717, 1.165) is 12.8 Å². The van der Waals surface area contributed by atoms with E-state index in [-0.39, 0.29) is 24.8 Å². The fraction of sp³-hybridized carbons (Fsp3) is 0.318. The lowest BCUT2D eigenvalue weighted by atomic mass is 10.1. The highest BCUT2D eigenvalue weighted by atomic mass is 35.5. The van der Waals surface area contributed by atoms with Gasteiger partial charge in [-0.15, -0.1) is 0 Å². The summed E-state index contributed by atoms with van der Waals surface area (Å²) in [6, 6.07) is 15.5. The Bertz CT molecular complexity index is 849. The molecule has 1 saturated heterocycles. The standard InChI is InChI=1S/C22H23ClN2O4/c23-18-10-8-17(9-11-18)21(27)24-13-12-19(26)29-20(16-6-2-1-3-7-16)22(28)25-14-4-5-15-25/h1-3,6-11,20H,4-5,12-15H2,(H,24,27)/t20-/m0/s1. The topological polar surface area (TPSA) is 75.7 Å². The van der Waals surface area contributed by atoms with Crippen molar-refractivity contribution in [1.29, 1.82) is 0 Å². The highest BCUT2D eigenvalue weighted by Crippen LogP contribution is 2.23. The second-order valence-corrected chi connectivity index (χ2v) is 7.26. The molecule has 0 saturated carbocycles. The normalized spacial score (nSPS) is 14.3. The van der Waals surface area contributed by atoms with E-state index in [9.17, 15) is 14.4 Å². The average molecular weight is 415 g/mol. The molecule has 2 aromatic carbocycles. The van der Waals surface area contributed by atoms with Crippen LogP contribution in [0.25, 0.3) is 0 Å². The lowest BCUT2D eigenvalue weighted by Gasteiger charge is -2.23. The van der Waals surface area contributed by atoms with E-state index in [1.54, 1.807) is 53.4 Å². The zero-order valence-electron chi connectivity index (χ0n) is 16.0. The van der Waals surface area contributed by atoms with E-state index in [0.29, 0.717) is 29.2 Å². The number of ether oxygens (including phenoxy) is 1. The van der Waals surface area contributed by atoms with E-state index in [4.69, 9.17) is 16.3 Å². The second kappa shape index (κ2) is 10.1. The fourth-order valence-electron chi connectivity index (χ4n) is 3.16. The molecule has 152 valence electrons. The van der Waals surface area contributed by atoms with Crippen molar-refractivity contribution in [2.24, 2.45) is 0 Å². The molecule has 0 unspecified atom stereocenters. The Hall–Kier alpha value is -2.86. The fourth-order valence-corrected chi connectivity index (χ4v) is 3.29. The van der Waals surface area contributed by atoms with Crippen LogP contribution in [0.2, 0.25) is 5.02 Å². The summed E-state index contributed by atoms with van der Waals surface area (Å²) in [5.74, 6) is -1.04. The number of nitrogens with one attached hydrogen (secondary N) is 1. The summed E-state index contributed by atoms with van der Waals surface area (Å²) in [6.45, 7) is 1.47. The monoisotopic (exact) mass is 414 g/mol. The molecule has 0 bridgehead atoms. The minimum atomic E-state index is -0.964. The van der Waals surface area contributed by atoms with Crippen molar-refractivity contribution in [3.63, 3.8) is 0 Å². The van der Waals surface area contributed by atoms with Gasteiger partial charge >= 0.3 is 5.97 Å². The van der Waals surface area contributed by atoms with E-state index < -0.39 is 12.1 Å². The molecule has 3 rings (SSSR count). The summed E-state index contributed by atoms with van der Waals surface area (Å²) in [4.78, 5) is 39.0. The molecular weight excluding hydrogens is 392 g/mol. The molecule has 1 N–H and O–H groups in total. The number of likely N-dealkylation sites (tertiary alicyclic amines) is 1. The van der Waals surface area contributed by atoms with Crippen molar-refractivity contribution < 1.29 is 19.1 Å². The first-order valence-corrected chi connectivity index (χ1v) is 9.99. The maximum Gasteiger partial charge on any atom is 0.308 e. The molecular formula is C22H23ClN2O4. The molecule has 0 radical (unpaired) electrons. The quantitative estimate of drug-likeness (QED) is 0.705. The van der Waals surface area contributed by atoms with Crippen molar-refractivity contribution in [2.45, 2.75) is 25.4 Å². The van der Waals surface area contributed by atoms with Crippen molar-refractivity contribution in [1.82, 2.24) is 10.2 Å². The largest absolute Gasteiger partial charge is 0.447 e. The molecule has 1 aliphatic heterocycles. The van der Waals surface area contributed by atoms with E-state index in [2.05, 4.69) is 5.32 Å². The van der Waals surface area contributed by atoms with Crippen LogP contribution in [0.3, 0.4) is 0 Å². The van der Waals surface area contributed by atoms with E-state index >= 15 is 0 Å². The van der Waals surface area contributed by atoms with Gasteiger partial charge in [-0.1, -0.05) is 41.9 Å². The van der Waals surface area contributed by atoms with Gasteiger partial charge < -0.3 is 15.0 Å². The Balaban J connectivity index is 1.56. The Kier molecular flexibility index (Phi) is 7.25. The predicted molar refractivity (Wildman–Crippen MR) is 109 cm³/mol. The highest BCUT2D eigenvalue weighted by molar-refractivity contribution is 6.30. The van der Waals surface area contributed by atoms with Crippen molar-refractivity contribution in [2.75, 3.05) is 19.6 Å². The first-order chi connectivity index (χ1) is 14.0. The van der Waals surface area contributed by atoms with E-state index in [1.165, 1.54) is 0 Å². The van der Waals surface area contributed by atoms with Crippen LogP contribution in [-0.2, 0) is 14.3 Å². The number of esters is 1. The number of halogens is 1. The first-order valence-electron chi connectivity index (χ1n) is 9.61. The maximum absolute atomic E-state index is 12.8. The molecule has 1 aliphatic rings. The lowest BCUT2D eigenvalue weighted by Crippen LogP contribution is -2.35. The smallest absolute Gasteiger partial charge is 0.308 e. The van der Waals surface area contributed by atoms with E-state index in [1.807, 2.05) is 6.07 Å². The number of rotatable bonds is 7. The lowest BCUT2D eigenvalue weighted by molar-refractivity contribution is -0.160. The van der Waals surface area contributed by atoms with Crippen LogP contribution >= 0.6 is 11.6 Å². The second-order valence-electron chi connectivity index (χ2n) is 6.83. The molecule has 29 heavy (non-hydrogen) atoms. The molecule has 0 spiro atoms. The predicted octanol–water partition coefficient (Wildman–Crippen LogP) is 3.37. The van der Waals surface area contributed by atoms with Crippen LogP contribution in [0.5, 0.6) is 0 Å². The zero-order valence-corrected chi connectivity index (χ0v) is 16.7. The van der Waals surface area contributed by atoms with Gasteiger partial charge in [0.25, 0.3) is 11.8 Å². The van der Waals surface area contributed by atoms with Crippen LogP contribution in [0, 0.1) is 0 Å². The Morgan fingerprint density at radius 3 is 2.31 bits per heavy atom. The number of carbonyl (C=O) groups is 3. The minimum Gasteiger partial charge on any atom is -0.447 e. The molecule has 0 aliphatic carbocycles. The first kappa shape index (κ1) is 20.9. The molecule has 1 fully saturated rings. The van der Waals surface area contributed by atoms with Gasteiger partial charge in [-0.2, -0.15) is 0 Å². The minimum absolute atomic E-state index is 0.0318.